The molecule has 1 aromatic carbocycles. The van der Waals surface area contributed by atoms with Crippen LogP contribution in [0.5, 0.6) is 5.75 Å². The molecular formula is C18H22BrNO3S2. The summed E-state index contributed by atoms with van der Waals surface area (Å²) in [7, 11) is 1.65. The first-order valence-corrected chi connectivity index (χ1v) is 10.2. The van der Waals surface area contributed by atoms with Crippen LogP contribution in [0.3, 0.4) is 0 Å². The largest absolute Gasteiger partial charge is 0.497 e. The molecule has 7 heteroatoms. The van der Waals surface area contributed by atoms with E-state index in [1.807, 2.05) is 51.1 Å². The van der Waals surface area contributed by atoms with Crippen molar-refractivity contribution in [3.8, 4) is 5.75 Å². The van der Waals surface area contributed by atoms with Gasteiger partial charge in [-0.2, -0.15) is 0 Å². The summed E-state index contributed by atoms with van der Waals surface area (Å²) in [6.07, 6.45) is -0.888. The van der Waals surface area contributed by atoms with Crippen molar-refractivity contribution < 1.29 is 14.6 Å². The Morgan fingerprint density at radius 2 is 2.08 bits per heavy atom. The minimum atomic E-state index is -0.888. The number of amides is 1. The Morgan fingerprint density at radius 1 is 1.36 bits per heavy atom. The molecule has 1 aromatic heterocycles. The fourth-order valence-corrected chi connectivity index (χ4v) is 5.44. The molecule has 0 atom stereocenters. The maximum Gasteiger partial charge on any atom is 0.407 e. The lowest BCUT2D eigenvalue weighted by atomic mass is 9.96. The SMILES string of the molecule is COc1cccc(Sc2sc(CN(CC(C)(C)C)C(=O)O)cc2Br)c1. The summed E-state index contributed by atoms with van der Waals surface area (Å²) in [5.41, 5.74) is -0.0783. The number of rotatable bonds is 6. The summed E-state index contributed by atoms with van der Waals surface area (Å²) in [6, 6.07) is 9.89. The second kappa shape index (κ2) is 8.47. The lowest BCUT2D eigenvalue weighted by Crippen LogP contribution is -2.36. The van der Waals surface area contributed by atoms with Gasteiger partial charge in [0.1, 0.15) is 5.75 Å². The second-order valence-electron chi connectivity index (χ2n) is 6.83. The summed E-state index contributed by atoms with van der Waals surface area (Å²) >= 11 is 6.84. The summed E-state index contributed by atoms with van der Waals surface area (Å²) in [4.78, 5) is 15.1. The van der Waals surface area contributed by atoms with Crippen LogP contribution >= 0.6 is 39.0 Å². The number of carboxylic acid groups (broad SMARTS) is 1. The highest BCUT2D eigenvalue weighted by Crippen LogP contribution is 2.41. The van der Waals surface area contributed by atoms with E-state index in [1.54, 1.807) is 30.2 Å². The van der Waals surface area contributed by atoms with E-state index in [9.17, 15) is 9.90 Å². The van der Waals surface area contributed by atoms with Crippen LogP contribution in [-0.4, -0.2) is 29.8 Å². The Kier molecular flexibility index (Phi) is 6.82. The summed E-state index contributed by atoms with van der Waals surface area (Å²) in [5, 5.41) is 9.47. The van der Waals surface area contributed by atoms with E-state index in [-0.39, 0.29) is 5.41 Å². The molecule has 25 heavy (non-hydrogen) atoms. The predicted molar refractivity (Wildman–Crippen MR) is 107 cm³/mol. The molecule has 0 aliphatic carbocycles. The van der Waals surface area contributed by atoms with Crippen molar-refractivity contribution in [2.75, 3.05) is 13.7 Å². The zero-order chi connectivity index (χ0) is 18.6. The van der Waals surface area contributed by atoms with Gasteiger partial charge in [-0.3, -0.25) is 0 Å². The smallest absolute Gasteiger partial charge is 0.407 e. The number of hydrogen-bond acceptors (Lipinski definition) is 4. The molecule has 0 saturated carbocycles. The molecule has 1 amide bonds. The van der Waals surface area contributed by atoms with E-state index in [1.165, 1.54) is 4.90 Å². The lowest BCUT2D eigenvalue weighted by molar-refractivity contribution is 0.123. The number of benzene rings is 1. The Balaban J connectivity index is 2.14. The van der Waals surface area contributed by atoms with Crippen LogP contribution in [0.15, 0.2) is 43.9 Å². The summed E-state index contributed by atoms with van der Waals surface area (Å²) in [5.74, 6) is 0.820. The van der Waals surface area contributed by atoms with Gasteiger partial charge in [-0.25, -0.2) is 4.79 Å². The quantitative estimate of drug-likeness (QED) is 0.577. The molecule has 1 heterocycles. The Morgan fingerprint density at radius 3 is 2.68 bits per heavy atom. The van der Waals surface area contributed by atoms with Crippen LogP contribution in [0, 0.1) is 5.41 Å². The second-order valence-corrected chi connectivity index (χ2v) is 10.2. The number of thiophene rings is 1. The zero-order valence-corrected chi connectivity index (χ0v) is 17.9. The average Bonchev–Trinajstić information content (AvgIpc) is 2.85. The fourth-order valence-electron chi connectivity index (χ4n) is 2.27. The van der Waals surface area contributed by atoms with Gasteiger partial charge >= 0.3 is 6.09 Å². The maximum absolute atomic E-state index is 11.5. The first-order chi connectivity index (χ1) is 11.7. The Labute approximate surface area is 165 Å². The van der Waals surface area contributed by atoms with E-state index in [0.29, 0.717) is 13.1 Å². The first-order valence-electron chi connectivity index (χ1n) is 7.76. The molecular weight excluding hydrogens is 422 g/mol. The number of halogens is 1. The third-order valence-corrected chi connectivity index (χ3v) is 6.70. The number of ether oxygens (including phenoxy) is 1. The molecule has 0 unspecified atom stereocenters. The minimum Gasteiger partial charge on any atom is -0.497 e. The highest BCUT2D eigenvalue weighted by Gasteiger charge is 2.22. The molecule has 0 fully saturated rings. The normalized spacial score (nSPS) is 11.4. The predicted octanol–water partition coefficient (Wildman–Crippen LogP) is 6.20. The Bertz CT molecular complexity index is 740. The number of methoxy groups -OCH3 is 1. The third kappa shape index (κ3) is 6.24. The van der Waals surface area contributed by atoms with E-state index >= 15 is 0 Å². The van der Waals surface area contributed by atoms with Gasteiger partial charge in [0.25, 0.3) is 0 Å². The van der Waals surface area contributed by atoms with Crippen LogP contribution in [0.2, 0.25) is 0 Å². The van der Waals surface area contributed by atoms with Crippen LogP contribution in [0.4, 0.5) is 4.79 Å². The number of hydrogen-bond donors (Lipinski definition) is 1. The summed E-state index contributed by atoms with van der Waals surface area (Å²) < 4.78 is 7.35. The Hall–Kier alpha value is -1.18. The van der Waals surface area contributed by atoms with Crippen molar-refractivity contribution in [1.29, 1.82) is 0 Å². The van der Waals surface area contributed by atoms with Gasteiger partial charge in [0, 0.05) is 20.8 Å². The fraction of sp³-hybridized carbons (Fsp3) is 0.389. The standard InChI is InChI=1S/C18H22BrNO3S2/c1-18(2,3)11-20(17(21)22)10-14-9-15(19)16(25-14)24-13-7-5-6-12(8-13)23-4/h5-9H,10-11H2,1-4H3,(H,21,22). The maximum atomic E-state index is 11.5. The summed E-state index contributed by atoms with van der Waals surface area (Å²) in [6.45, 7) is 7.01. The van der Waals surface area contributed by atoms with Crippen molar-refractivity contribution >= 4 is 45.1 Å². The molecule has 2 aromatic rings. The van der Waals surface area contributed by atoms with Crippen molar-refractivity contribution in [3.63, 3.8) is 0 Å². The average molecular weight is 444 g/mol. The molecule has 0 aliphatic heterocycles. The van der Waals surface area contributed by atoms with Gasteiger partial charge in [-0.05, 0) is 45.6 Å². The number of nitrogens with zero attached hydrogens (tertiary/aromatic N) is 1. The topological polar surface area (TPSA) is 49.8 Å². The van der Waals surface area contributed by atoms with Crippen LogP contribution in [0.1, 0.15) is 25.6 Å². The molecule has 1 N–H and O–H groups in total. The molecule has 0 radical (unpaired) electrons. The molecule has 0 aliphatic rings. The zero-order valence-electron chi connectivity index (χ0n) is 14.7. The van der Waals surface area contributed by atoms with Gasteiger partial charge in [0.05, 0.1) is 17.9 Å². The third-order valence-electron chi connectivity index (χ3n) is 3.24. The minimum absolute atomic E-state index is 0.0783. The van der Waals surface area contributed by atoms with Crippen LogP contribution < -0.4 is 4.74 Å². The molecule has 4 nitrogen and oxygen atoms in total. The molecule has 0 bridgehead atoms. The molecule has 2 rings (SSSR count). The van der Waals surface area contributed by atoms with Crippen LogP contribution in [0.25, 0.3) is 0 Å². The highest BCUT2D eigenvalue weighted by atomic mass is 79.9. The van der Waals surface area contributed by atoms with Crippen LogP contribution in [-0.2, 0) is 6.54 Å². The van der Waals surface area contributed by atoms with Crippen molar-refractivity contribution in [3.05, 3.63) is 39.7 Å². The van der Waals surface area contributed by atoms with Gasteiger partial charge in [0.15, 0.2) is 0 Å². The van der Waals surface area contributed by atoms with Gasteiger partial charge < -0.3 is 14.7 Å². The highest BCUT2D eigenvalue weighted by molar-refractivity contribution is 9.10. The van der Waals surface area contributed by atoms with Gasteiger partial charge in [0.2, 0.25) is 0 Å². The molecule has 0 saturated heterocycles. The first kappa shape index (κ1) is 20.1. The molecule has 136 valence electrons. The van der Waals surface area contributed by atoms with Crippen molar-refractivity contribution in [1.82, 2.24) is 4.90 Å². The van der Waals surface area contributed by atoms with Gasteiger partial charge in [-0.15, -0.1) is 11.3 Å². The van der Waals surface area contributed by atoms with Gasteiger partial charge in [-0.1, -0.05) is 38.6 Å². The van der Waals surface area contributed by atoms with E-state index in [2.05, 4.69) is 15.9 Å². The van der Waals surface area contributed by atoms with E-state index in [4.69, 9.17) is 4.74 Å². The van der Waals surface area contributed by atoms with E-state index < -0.39 is 6.09 Å². The van der Waals surface area contributed by atoms with Crippen molar-refractivity contribution in [2.45, 2.75) is 36.4 Å². The van der Waals surface area contributed by atoms with Crippen molar-refractivity contribution in [2.24, 2.45) is 5.41 Å². The monoisotopic (exact) mass is 443 g/mol. The lowest BCUT2D eigenvalue weighted by Gasteiger charge is -2.27. The molecule has 0 spiro atoms. The number of carbonyl (C=O) groups is 1. The van der Waals surface area contributed by atoms with E-state index in [0.717, 1.165) is 24.2 Å².